The van der Waals surface area contributed by atoms with Crippen molar-refractivity contribution >= 4 is 17.8 Å². The molecule has 2 rings (SSSR count). The van der Waals surface area contributed by atoms with Crippen molar-refractivity contribution in [3.8, 4) is 0 Å². The van der Waals surface area contributed by atoms with E-state index in [1.54, 1.807) is 31.1 Å². The van der Waals surface area contributed by atoms with Crippen LogP contribution in [0.4, 0.5) is 10.6 Å². The van der Waals surface area contributed by atoms with Crippen LogP contribution < -0.4 is 4.90 Å². The summed E-state index contributed by atoms with van der Waals surface area (Å²) in [6.45, 7) is 6.51. The van der Waals surface area contributed by atoms with Gasteiger partial charge in [0.2, 0.25) is 0 Å². The molecule has 2 amide bonds. The summed E-state index contributed by atoms with van der Waals surface area (Å²) < 4.78 is 5.15. The van der Waals surface area contributed by atoms with Crippen molar-refractivity contribution in [1.29, 1.82) is 0 Å². The van der Waals surface area contributed by atoms with E-state index in [-0.39, 0.29) is 17.4 Å². The van der Waals surface area contributed by atoms with Gasteiger partial charge in [-0.15, -0.1) is 0 Å². The lowest BCUT2D eigenvalue weighted by Gasteiger charge is -2.31. The van der Waals surface area contributed by atoms with E-state index in [0.29, 0.717) is 18.0 Å². The number of hydrogen-bond donors (Lipinski definition) is 0. The maximum Gasteiger partial charge on any atom is 0.415 e. The highest BCUT2D eigenvalue weighted by atomic mass is 16.6. The van der Waals surface area contributed by atoms with Crippen molar-refractivity contribution in [3.63, 3.8) is 0 Å². The number of cyclic esters (lactones) is 1. The molecule has 1 aliphatic heterocycles. The predicted octanol–water partition coefficient (Wildman–Crippen LogP) is 2.15. The maximum absolute atomic E-state index is 11.9. The first kappa shape index (κ1) is 15.3. The van der Waals surface area contributed by atoms with Crippen LogP contribution >= 0.6 is 0 Å². The summed E-state index contributed by atoms with van der Waals surface area (Å²) in [5.41, 5.74) is 0.370. The molecule has 0 saturated carbocycles. The zero-order chi connectivity index (χ0) is 15.8. The molecule has 2 heterocycles. The first-order valence-electron chi connectivity index (χ1n) is 6.85. The van der Waals surface area contributed by atoms with E-state index >= 15 is 0 Å². The second-order valence-corrected chi connectivity index (χ2v) is 6.43. The summed E-state index contributed by atoms with van der Waals surface area (Å²) in [7, 11) is 3.37. The van der Waals surface area contributed by atoms with Gasteiger partial charge in [0.25, 0.3) is 5.91 Å². The minimum absolute atomic E-state index is 0.0760. The van der Waals surface area contributed by atoms with Crippen molar-refractivity contribution < 1.29 is 14.3 Å². The molecule has 1 fully saturated rings. The van der Waals surface area contributed by atoms with Gasteiger partial charge in [-0.3, -0.25) is 9.69 Å². The fourth-order valence-electron chi connectivity index (χ4n) is 2.23. The molecule has 1 aromatic heterocycles. The van der Waals surface area contributed by atoms with E-state index in [0.717, 1.165) is 0 Å². The second-order valence-electron chi connectivity index (χ2n) is 6.43. The SMILES string of the molecule is CN(C)C(=O)c1ccc(N2C(=O)OCC2C(C)(C)C)nc1. The minimum Gasteiger partial charge on any atom is -0.447 e. The van der Waals surface area contributed by atoms with Crippen LogP contribution in [0.1, 0.15) is 31.1 Å². The molecule has 6 heteroatoms. The Balaban J connectivity index is 2.29. The van der Waals surface area contributed by atoms with Crippen molar-refractivity contribution in [1.82, 2.24) is 9.88 Å². The van der Waals surface area contributed by atoms with Crippen LogP contribution in [-0.4, -0.2) is 48.6 Å². The molecule has 0 spiro atoms. The van der Waals surface area contributed by atoms with Gasteiger partial charge in [0.05, 0.1) is 11.6 Å². The van der Waals surface area contributed by atoms with Gasteiger partial charge in [0, 0.05) is 20.3 Å². The Labute approximate surface area is 124 Å². The Kier molecular flexibility index (Phi) is 3.89. The van der Waals surface area contributed by atoms with Crippen LogP contribution in [-0.2, 0) is 4.74 Å². The highest BCUT2D eigenvalue weighted by molar-refractivity contribution is 5.94. The van der Waals surface area contributed by atoms with Gasteiger partial charge in [-0.1, -0.05) is 20.8 Å². The highest BCUT2D eigenvalue weighted by Gasteiger charge is 2.42. The Hall–Kier alpha value is -2.11. The lowest BCUT2D eigenvalue weighted by Crippen LogP contribution is -2.43. The van der Waals surface area contributed by atoms with Crippen molar-refractivity contribution in [3.05, 3.63) is 23.9 Å². The molecule has 0 radical (unpaired) electrons. The monoisotopic (exact) mass is 291 g/mol. The first-order chi connectivity index (χ1) is 9.71. The fraction of sp³-hybridized carbons (Fsp3) is 0.533. The lowest BCUT2D eigenvalue weighted by atomic mass is 9.86. The average molecular weight is 291 g/mol. The quantitative estimate of drug-likeness (QED) is 0.837. The van der Waals surface area contributed by atoms with Gasteiger partial charge >= 0.3 is 6.09 Å². The van der Waals surface area contributed by atoms with Crippen molar-refractivity contribution in [2.24, 2.45) is 5.41 Å². The van der Waals surface area contributed by atoms with Gasteiger partial charge in [-0.25, -0.2) is 9.78 Å². The standard InChI is InChI=1S/C15H21N3O3/c1-15(2,3)11-9-21-14(20)18(11)12-7-6-10(8-16-12)13(19)17(4)5/h6-8,11H,9H2,1-5H3. The number of anilines is 1. The van der Waals surface area contributed by atoms with E-state index in [1.807, 2.05) is 0 Å². The van der Waals surface area contributed by atoms with Crippen LogP contribution in [0.15, 0.2) is 18.3 Å². The number of hydrogen-bond acceptors (Lipinski definition) is 4. The summed E-state index contributed by atoms with van der Waals surface area (Å²) in [5, 5.41) is 0. The molecule has 0 aliphatic carbocycles. The van der Waals surface area contributed by atoms with Gasteiger partial charge in [-0.05, 0) is 17.5 Å². The summed E-state index contributed by atoms with van der Waals surface area (Å²) in [6, 6.07) is 3.28. The van der Waals surface area contributed by atoms with Gasteiger partial charge < -0.3 is 9.64 Å². The van der Waals surface area contributed by atoms with Gasteiger partial charge in [0.15, 0.2) is 0 Å². The Bertz CT molecular complexity index is 546. The predicted molar refractivity (Wildman–Crippen MR) is 79.3 cm³/mol. The largest absolute Gasteiger partial charge is 0.447 e. The number of amides is 2. The topological polar surface area (TPSA) is 62.7 Å². The van der Waals surface area contributed by atoms with Crippen LogP contribution in [0.5, 0.6) is 0 Å². The second kappa shape index (κ2) is 5.35. The molecule has 0 bridgehead atoms. The minimum atomic E-state index is -0.394. The number of rotatable bonds is 2. The molecule has 1 unspecified atom stereocenters. The van der Waals surface area contributed by atoms with E-state index in [4.69, 9.17) is 4.74 Å². The molecule has 21 heavy (non-hydrogen) atoms. The molecular formula is C15H21N3O3. The summed E-state index contributed by atoms with van der Waals surface area (Å²) in [4.78, 5) is 31.1. The third kappa shape index (κ3) is 2.99. The Morgan fingerprint density at radius 1 is 1.38 bits per heavy atom. The van der Waals surface area contributed by atoms with E-state index in [1.165, 1.54) is 11.1 Å². The van der Waals surface area contributed by atoms with Crippen LogP contribution in [0.3, 0.4) is 0 Å². The van der Waals surface area contributed by atoms with Crippen molar-refractivity contribution in [2.75, 3.05) is 25.6 Å². The zero-order valence-corrected chi connectivity index (χ0v) is 13.1. The summed E-state index contributed by atoms with van der Waals surface area (Å²) >= 11 is 0. The number of nitrogens with zero attached hydrogens (tertiary/aromatic N) is 3. The molecule has 0 aromatic carbocycles. The van der Waals surface area contributed by atoms with Gasteiger partial charge in [-0.2, -0.15) is 0 Å². The molecule has 1 aromatic rings. The summed E-state index contributed by atoms with van der Waals surface area (Å²) in [6.07, 6.45) is 1.09. The number of carbonyl (C=O) groups excluding carboxylic acids is 2. The van der Waals surface area contributed by atoms with Crippen LogP contribution in [0.25, 0.3) is 0 Å². The smallest absolute Gasteiger partial charge is 0.415 e. The van der Waals surface area contributed by atoms with E-state index in [2.05, 4.69) is 25.8 Å². The van der Waals surface area contributed by atoms with E-state index in [9.17, 15) is 9.59 Å². The summed E-state index contributed by atoms with van der Waals surface area (Å²) in [5.74, 6) is 0.387. The van der Waals surface area contributed by atoms with Crippen LogP contribution in [0, 0.1) is 5.41 Å². The van der Waals surface area contributed by atoms with Crippen LogP contribution in [0.2, 0.25) is 0 Å². The molecule has 114 valence electrons. The molecule has 6 nitrogen and oxygen atoms in total. The average Bonchev–Trinajstić information content (AvgIpc) is 2.80. The fourth-order valence-corrected chi connectivity index (χ4v) is 2.23. The number of carbonyl (C=O) groups is 2. The Morgan fingerprint density at radius 3 is 2.52 bits per heavy atom. The number of pyridine rings is 1. The first-order valence-corrected chi connectivity index (χ1v) is 6.85. The third-order valence-corrected chi connectivity index (χ3v) is 3.52. The molecular weight excluding hydrogens is 270 g/mol. The number of aromatic nitrogens is 1. The maximum atomic E-state index is 11.9. The highest BCUT2D eigenvalue weighted by Crippen LogP contribution is 2.32. The van der Waals surface area contributed by atoms with Gasteiger partial charge in [0.1, 0.15) is 12.4 Å². The molecule has 1 saturated heterocycles. The zero-order valence-electron chi connectivity index (χ0n) is 13.1. The molecule has 1 aliphatic rings. The molecule has 1 atom stereocenters. The normalized spacial score (nSPS) is 18.6. The molecule has 0 N–H and O–H groups in total. The third-order valence-electron chi connectivity index (χ3n) is 3.52. The van der Waals surface area contributed by atoms with E-state index < -0.39 is 6.09 Å². The lowest BCUT2D eigenvalue weighted by molar-refractivity contribution is 0.0827. The van der Waals surface area contributed by atoms with Crippen molar-refractivity contribution in [2.45, 2.75) is 26.8 Å². The Morgan fingerprint density at radius 2 is 2.05 bits per heavy atom. The number of ether oxygens (including phenoxy) is 1.